The van der Waals surface area contributed by atoms with Gasteiger partial charge in [0.15, 0.2) is 34.5 Å². The van der Waals surface area contributed by atoms with Crippen molar-refractivity contribution in [3.05, 3.63) is 153 Å². The Balaban J connectivity index is 0.000000172. The number of anilines is 6. The SMILES string of the molecule is COc1cc2ncc(C(N)=O)c(Nc3ccc(C)cc3Br)c2cc1OC.COc1cc2ncc(C(N)=O)c(Nc3ccc(C)cc3C)c2cc1OC.COc1ccc(Nc2c(C(N)=O)cnc3cc(OC)c(OC)cc23)c(C)c1. The normalized spacial score (nSPS) is 10.6. The average Bonchev–Trinajstić information content (AvgIpc) is 3.49. The summed E-state index contributed by atoms with van der Waals surface area (Å²) in [7, 11) is 11.0. The van der Waals surface area contributed by atoms with E-state index >= 15 is 0 Å². The van der Waals surface area contributed by atoms with E-state index in [4.69, 9.17) is 50.4 Å². The van der Waals surface area contributed by atoms with Crippen LogP contribution in [-0.2, 0) is 0 Å². The van der Waals surface area contributed by atoms with Gasteiger partial charge in [-0.25, -0.2) is 0 Å². The van der Waals surface area contributed by atoms with Crippen LogP contribution in [0.3, 0.4) is 0 Å². The molecule has 9 rings (SSSR count). The molecule has 0 atom stereocenters. The molecule has 0 spiro atoms. The number of nitrogens with one attached hydrogen (secondary N) is 3. The van der Waals surface area contributed by atoms with E-state index in [-0.39, 0.29) is 11.1 Å². The molecule has 0 aliphatic rings. The quantitative estimate of drug-likeness (QED) is 0.0525. The lowest BCUT2D eigenvalue weighted by atomic mass is 10.1. The van der Waals surface area contributed by atoms with Crippen molar-refractivity contribution in [1.29, 1.82) is 0 Å². The number of ether oxygens (including phenoxy) is 7. The highest BCUT2D eigenvalue weighted by Gasteiger charge is 2.21. The first-order valence-electron chi connectivity index (χ1n) is 24.2. The Labute approximate surface area is 464 Å². The molecule has 0 saturated heterocycles. The van der Waals surface area contributed by atoms with Gasteiger partial charge in [-0.1, -0.05) is 23.8 Å². The van der Waals surface area contributed by atoms with Crippen molar-refractivity contribution >= 4 is 100 Å². The van der Waals surface area contributed by atoms with Gasteiger partial charge in [-0.05, 0) is 115 Å². The fraction of sp³-hybridized carbons (Fsp3) is 0.186. The summed E-state index contributed by atoms with van der Waals surface area (Å²) in [5.74, 6) is 2.34. The molecule has 3 amide bonds. The van der Waals surface area contributed by atoms with Gasteiger partial charge in [-0.2, -0.15) is 0 Å². The van der Waals surface area contributed by atoms with Crippen molar-refractivity contribution in [2.24, 2.45) is 17.2 Å². The molecule has 0 bridgehead atoms. The van der Waals surface area contributed by atoms with Crippen molar-refractivity contribution in [2.75, 3.05) is 65.7 Å². The fourth-order valence-electron chi connectivity index (χ4n) is 8.50. The Hall–Kier alpha value is -9.56. The molecule has 0 aliphatic heterocycles. The molecule has 3 aromatic heterocycles. The second-order valence-corrected chi connectivity index (χ2v) is 18.6. The predicted octanol–water partition coefficient (Wildman–Crippen LogP) is 11.3. The smallest absolute Gasteiger partial charge is 0.252 e. The summed E-state index contributed by atoms with van der Waals surface area (Å²) in [4.78, 5) is 48.9. The Kier molecular flexibility index (Phi) is 18.1. The maximum absolute atomic E-state index is 12.0. The van der Waals surface area contributed by atoms with E-state index in [9.17, 15) is 14.4 Å². The highest BCUT2D eigenvalue weighted by atomic mass is 79.9. The zero-order valence-electron chi connectivity index (χ0n) is 45.4. The standard InChI is InChI=1S/C20H21N3O4.C20H21N3O3.C19H18BrN3O3/c1-11-7-12(25-2)5-6-15(11)23-19-13-8-17(26-3)18(27-4)9-16(13)22-10-14(19)20(21)24;1-11-5-6-15(12(2)7-11)23-19-13-8-17(25-3)18(26-4)9-16(13)22-10-14(19)20(21)24;1-10-4-5-14(13(20)6-10)23-18-11-7-16(25-2)17(26-3)8-15(11)22-9-12(18)19(21)24/h5-10H,1-4H3,(H2,21,24)(H,22,23);5-10H,1-4H3,(H2,21,24)(H,22,23);4-9H,1-3H3,(H2,21,24)(H,22,23). The Bertz CT molecular complexity index is 3640. The lowest BCUT2D eigenvalue weighted by Gasteiger charge is -2.17. The van der Waals surface area contributed by atoms with Crippen molar-refractivity contribution < 1.29 is 47.5 Å². The van der Waals surface area contributed by atoms with E-state index < -0.39 is 17.7 Å². The average molecular weight is 1140 g/mol. The summed E-state index contributed by atoms with van der Waals surface area (Å²) in [6, 6.07) is 28.2. The van der Waals surface area contributed by atoms with E-state index in [0.717, 1.165) is 54.9 Å². The number of pyridine rings is 3. The molecular formula is C59H60BrN9O10. The largest absolute Gasteiger partial charge is 0.497 e. The van der Waals surface area contributed by atoms with Crippen LogP contribution >= 0.6 is 15.9 Å². The lowest BCUT2D eigenvalue weighted by Crippen LogP contribution is -2.14. The number of amides is 3. The Morgan fingerprint density at radius 1 is 0.405 bits per heavy atom. The van der Waals surface area contributed by atoms with Crippen LogP contribution in [0.25, 0.3) is 32.7 Å². The molecule has 0 radical (unpaired) electrons. The number of primary amides is 3. The van der Waals surface area contributed by atoms with E-state index in [0.29, 0.717) is 84.4 Å². The van der Waals surface area contributed by atoms with Gasteiger partial charge in [-0.15, -0.1) is 0 Å². The monoisotopic (exact) mass is 1130 g/mol. The summed E-state index contributed by atoms with van der Waals surface area (Å²) >= 11 is 3.54. The molecule has 6 aromatic carbocycles. The predicted molar refractivity (Wildman–Crippen MR) is 312 cm³/mol. The van der Waals surface area contributed by atoms with Crippen LogP contribution in [0.15, 0.2) is 114 Å². The van der Waals surface area contributed by atoms with Crippen LogP contribution in [0.2, 0.25) is 0 Å². The molecule has 3 heterocycles. The molecule has 0 saturated carbocycles. The van der Waals surface area contributed by atoms with Gasteiger partial charge in [0.2, 0.25) is 0 Å². The fourth-order valence-corrected chi connectivity index (χ4v) is 9.10. The molecule has 0 fully saturated rings. The number of carbonyl (C=O) groups excluding carboxylic acids is 3. The maximum Gasteiger partial charge on any atom is 0.252 e. The first-order valence-corrected chi connectivity index (χ1v) is 25.0. The lowest BCUT2D eigenvalue weighted by molar-refractivity contribution is 0.0992. The zero-order valence-corrected chi connectivity index (χ0v) is 47.0. The number of nitrogens with two attached hydrogens (primary N) is 3. The van der Waals surface area contributed by atoms with E-state index in [2.05, 4.69) is 52.9 Å². The Morgan fingerprint density at radius 3 is 1.04 bits per heavy atom. The van der Waals surface area contributed by atoms with Crippen LogP contribution in [0.4, 0.5) is 34.1 Å². The first-order chi connectivity index (χ1) is 37.9. The highest BCUT2D eigenvalue weighted by molar-refractivity contribution is 9.10. The summed E-state index contributed by atoms with van der Waals surface area (Å²) in [5, 5.41) is 12.1. The van der Waals surface area contributed by atoms with Gasteiger partial charge in [0.05, 0.1) is 106 Å². The third-order valence-corrected chi connectivity index (χ3v) is 13.3. The second kappa shape index (κ2) is 25.1. The third-order valence-electron chi connectivity index (χ3n) is 12.6. The molecule has 79 heavy (non-hydrogen) atoms. The third kappa shape index (κ3) is 12.7. The van der Waals surface area contributed by atoms with Crippen LogP contribution in [-0.4, -0.2) is 82.4 Å². The van der Waals surface area contributed by atoms with Gasteiger partial charge in [0.25, 0.3) is 17.7 Å². The van der Waals surface area contributed by atoms with Gasteiger partial charge >= 0.3 is 0 Å². The van der Waals surface area contributed by atoms with Crippen LogP contribution in [0, 0.1) is 27.7 Å². The molecule has 408 valence electrons. The van der Waals surface area contributed by atoms with Crippen molar-refractivity contribution in [1.82, 2.24) is 15.0 Å². The van der Waals surface area contributed by atoms with Gasteiger partial charge < -0.3 is 66.3 Å². The second-order valence-electron chi connectivity index (χ2n) is 17.8. The number of hydrogen-bond donors (Lipinski definition) is 6. The van der Waals surface area contributed by atoms with E-state index in [1.807, 2.05) is 76.2 Å². The summed E-state index contributed by atoms with van der Waals surface area (Å²) in [6.45, 7) is 7.99. The van der Waals surface area contributed by atoms with Crippen LogP contribution < -0.4 is 66.3 Å². The number of benzene rings is 6. The number of nitrogens with zero attached hydrogens (tertiary/aromatic N) is 3. The molecule has 9 aromatic rings. The summed E-state index contributed by atoms with van der Waals surface area (Å²) < 4.78 is 38.3. The highest BCUT2D eigenvalue weighted by Crippen LogP contribution is 2.41. The van der Waals surface area contributed by atoms with Crippen molar-refractivity contribution in [3.63, 3.8) is 0 Å². The molecule has 20 heteroatoms. The number of methoxy groups -OCH3 is 7. The number of aromatic nitrogens is 3. The van der Waals surface area contributed by atoms with Crippen molar-refractivity contribution in [3.8, 4) is 40.2 Å². The Morgan fingerprint density at radius 2 is 0.722 bits per heavy atom. The van der Waals surface area contributed by atoms with Gasteiger partial charge in [0.1, 0.15) is 5.75 Å². The first kappa shape index (κ1) is 57.2. The molecular weight excluding hydrogens is 1070 g/mol. The molecule has 0 aliphatic carbocycles. The minimum Gasteiger partial charge on any atom is -0.497 e. The number of rotatable bonds is 16. The molecule has 19 nitrogen and oxygen atoms in total. The molecule has 0 unspecified atom stereocenters. The number of hydrogen-bond acceptors (Lipinski definition) is 16. The summed E-state index contributed by atoms with van der Waals surface area (Å²) in [6.07, 6.45) is 4.39. The topological polar surface area (TPSA) is 269 Å². The zero-order chi connectivity index (χ0) is 57.2. The van der Waals surface area contributed by atoms with E-state index in [1.165, 1.54) is 18.6 Å². The number of fused-ring (bicyclic) bond motifs is 3. The number of carbonyl (C=O) groups is 3. The molecule has 9 N–H and O–H groups in total. The van der Waals surface area contributed by atoms with Crippen molar-refractivity contribution in [2.45, 2.75) is 27.7 Å². The summed E-state index contributed by atoms with van der Waals surface area (Å²) in [5.41, 5.74) is 28.1. The number of halogens is 1. The minimum atomic E-state index is -0.576. The number of aryl methyl sites for hydroxylation is 4. The van der Waals surface area contributed by atoms with Crippen LogP contribution in [0.1, 0.15) is 53.3 Å². The van der Waals surface area contributed by atoms with Crippen LogP contribution in [0.5, 0.6) is 40.2 Å². The van der Waals surface area contributed by atoms with Gasteiger partial charge in [0, 0.05) is 68.8 Å². The van der Waals surface area contributed by atoms with Gasteiger partial charge in [-0.3, -0.25) is 29.3 Å². The maximum atomic E-state index is 12.0. The minimum absolute atomic E-state index is 0.282. The van der Waals surface area contributed by atoms with E-state index in [1.54, 1.807) is 86.2 Å².